The van der Waals surface area contributed by atoms with Crippen LogP contribution in [-0.2, 0) is 11.3 Å². The molecule has 1 amide bonds. The van der Waals surface area contributed by atoms with Gasteiger partial charge in [-0.3, -0.25) is 14.9 Å². The number of amides is 1. The van der Waals surface area contributed by atoms with Gasteiger partial charge in [-0.1, -0.05) is 0 Å². The van der Waals surface area contributed by atoms with Gasteiger partial charge in [0, 0.05) is 23.9 Å². The van der Waals surface area contributed by atoms with Gasteiger partial charge in [-0.2, -0.15) is 0 Å². The number of nitro groups is 1. The Hall–Kier alpha value is -2.70. The van der Waals surface area contributed by atoms with Crippen LogP contribution < -0.4 is 5.73 Å². The summed E-state index contributed by atoms with van der Waals surface area (Å²) in [6.07, 6.45) is 3.15. The molecule has 2 rings (SSSR count). The van der Waals surface area contributed by atoms with Crippen LogP contribution in [0.25, 0.3) is 11.3 Å². The van der Waals surface area contributed by atoms with E-state index in [0.717, 1.165) is 5.56 Å². The maximum atomic E-state index is 10.7. The minimum Gasteiger partial charge on any atom is -0.368 e. The Morgan fingerprint density at radius 1 is 1.39 bits per heavy atom. The molecular formula is C11H10N4O3. The lowest BCUT2D eigenvalue weighted by Gasteiger charge is -1.97. The molecule has 1 aromatic carbocycles. The fourth-order valence-corrected chi connectivity index (χ4v) is 1.53. The van der Waals surface area contributed by atoms with E-state index < -0.39 is 10.8 Å². The van der Waals surface area contributed by atoms with Gasteiger partial charge in [0.05, 0.1) is 16.9 Å². The molecule has 0 spiro atoms. The lowest BCUT2D eigenvalue weighted by molar-refractivity contribution is -0.384. The molecule has 7 heteroatoms. The van der Waals surface area contributed by atoms with Crippen LogP contribution in [0.15, 0.2) is 36.8 Å². The molecule has 2 aromatic rings. The number of nitrogens with two attached hydrogens (primary N) is 1. The molecule has 1 heterocycles. The number of carbonyl (C=O) groups is 1. The molecule has 0 bridgehead atoms. The van der Waals surface area contributed by atoms with Gasteiger partial charge in [-0.25, -0.2) is 4.98 Å². The number of rotatable bonds is 4. The molecule has 0 radical (unpaired) electrons. The predicted molar refractivity (Wildman–Crippen MR) is 63.5 cm³/mol. The first-order valence-corrected chi connectivity index (χ1v) is 5.11. The lowest BCUT2D eigenvalue weighted by atomic mass is 10.1. The number of nitro benzene ring substituents is 1. The van der Waals surface area contributed by atoms with E-state index in [9.17, 15) is 14.9 Å². The zero-order valence-electron chi connectivity index (χ0n) is 9.31. The number of hydrogen-bond acceptors (Lipinski definition) is 4. The Morgan fingerprint density at radius 3 is 2.61 bits per heavy atom. The summed E-state index contributed by atoms with van der Waals surface area (Å²) in [7, 11) is 0. The van der Waals surface area contributed by atoms with E-state index in [2.05, 4.69) is 4.98 Å². The smallest absolute Gasteiger partial charge is 0.269 e. The third-order valence-electron chi connectivity index (χ3n) is 2.35. The van der Waals surface area contributed by atoms with Crippen LogP contribution >= 0.6 is 0 Å². The van der Waals surface area contributed by atoms with Gasteiger partial charge in [0.25, 0.3) is 5.69 Å². The first-order valence-electron chi connectivity index (χ1n) is 5.11. The Balaban J connectivity index is 2.23. The van der Waals surface area contributed by atoms with Crippen LogP contribution in [0.3, 0.4) is 0 Å². The van der Waals surface area contributed by atoms with E-state index >= 15 is 0 Å². The van der Waals surface area contributed by atoms with Gasteiger partial charge in [-0.05, 0) is 12.1 Å². The van der Waals surface area contributed by atoms with Crippen LogP contribution in [0.1, 0.15) is 0 Å². The van der Waals surface area contributed by atoms with E-state index in [4.69, 9.17) is 5.73 Å². The second-order valence-electron chi connectivity index (χ2n) is 3.70. The summed E-state index contributed by atoms with van der Waals surface area (Å²) in [5, 5.41) is 10.5. The second-order valence-corrected chi connectivity index (χ2v) is 3.70. The number of hydrogen-bond donors (Lipinski definition) is 1. The van der Waals surface area contributed by atoms with E-state index in [1.54, 1.807) is 22.9 Å². The molecular weight excluding hydrogens is 236 g/mol. The van der Waals surface area contributed by atoms with Crippen LogP contribution in [0.5, 0.6) is 0 Å². The summed E-state index contributed by atoms with van der Waals surface area (Å²) >= 11 is 0. The topological polar surface area (TPSA) is 104 Å². The molecule has 0 saturated carbocycles. The summed E-state index contributed by atoms with van der Waals surface area (Å²) in [5.74, 6) is -0.456. The van der Waals surface area contributed by atoms with Crippen LogP contribution in [0.2, 0.25) is 0 Å². The maximum Gasteiger partial charge on any atom is 0.269 e. The third-order valence-corrected chi connectivity index (χ3v) is 2.35. The van der Waals surface area contributed by atoms with Crippen molar-refractivity contribution < 1.29 is 9.72 Å². The average Bonchev–Trinajstić information content (AvgIpc) is 2.76. The van der Waals surface area contributed by atoms with E-state index in [-0.39, 0.29) is 12.2 Å². The summed E-state index contributed by atoms with van der Waals surface area (Å²) in [5.41, 5.74) is 6.46. The minimum absolute atomic E-state index is 0.0234. The Labute approximate surface area is 102 Å². The van der Waals surface area contributed by atoms with Gasteiger partial charge in [-0.15, -0.1) is 0 Å². The molecule has 0 unspecified atom stereocenters. The number of non-ortho nitro benzene ring substituents is 1. The first kappa shape index (κ1) is 11.8. The van der Waals surface area contributed by atoms with Crippen molar-refractivity contribution in [1.82, 2.24) is 9.55 Å². The Morgan fingerprint density at radius 2 is 2.06 bits per heavy atom. The fourth-order valence-electron chi connectivity index (χ4n) is 1.53. The highest BCUT2D eigenvalue weighted by Gasteiger charge is 2.07. The van der Waals surface area contributed by atoms with Gasteiger partial charge < -0.3 is 10.3 Å². The quantitative estimate of drug-likeness (QED) is 0.640. The lowest BCUT2D eigenvalue weighted by Crippen LogP contribution is -2.17. The summed E-state index contributed by atoms with van der Waals surface area (Å²) in [4.78, 5) is 24.9. The van der Waals surface area contributed by atoms with Crippen molar-refractivity contribution in [2.24, 2.45) is 5.73 Å². The first-order chi connectivity index (χ1) is 8.56. The van der Waals surface area contributed by atoms with Crippen molar-refractivity contribution in [2.75, 3.05) is 0 Å². The molecule has 0 aliphatic heterocycles. The SMILES string of the molecule is NC(=O)Cn1cnc(-c2ccc([N+](=O)[O-])cc2)c1. The predicted octanol–water partition coefficient (Wildman–Crippen LogP) is 0.944. The average molecular weight is 246 g/mol. The minimum atomic E-state index is -0.463. The van der Waals surface area contributed by atoms with Crippen LogP contribution in [0.4, 0.5) is 5.69 Å². The van der Waals surface area contributed by atoms with Crippen LogP contribution in [-0.4, -0.2) is 20.4 Å². The molecule has 18 heavy (non-hydrogen) atoms. The number of aromatic nitrogens is 2. The summed E-state index contributed by atoms with van der Waals surface area (Å²) in [6.45, 7) is 0.0555. The number of benzene rings is 1. The third kappa shape index (κ3) is 2.51. The van der Waals surface area contributed by atoms with E-state index in [1.807, 2.05) is 0 Å². The molecule has 7 nitrogen and oxygen atoms in total. The van der Waals surface area contributed by atoms with Crippen molar-refractivity contribution in [2.45, 2.75) is 6.54 Å². The van der Waals surface area contributed by atoms with Crippen molar-refractivity contribution in [3.63, 3.8) is 0 Å². The van der Waals surface area contributed by atoms with E-state index in [0.29, 0.717) is 5.69 Å². The van der Waals surface area contributed by atoms with Crippen molar-refractivity contribution in [3.8, 4) is 11.3 Å². The zero-order valence-corrected chi connectivity index (χ0v) is 9.31. The molecule has 0 aliphatic rings. The number of carbonyl (C=O) groups excluding carboxylic acids is 1. The molecule has 0 aliphatic carbocycles. The monoisotopic (exact) mass is 246 g/mol. The van der Waals surface area contributed by atoms with Crippen molar-refractivity contribution in [1.29, 1.82) is 0 Å². The Bertz CT molecular complexity index is 589. The highest BCUT2D eigenvalue weighted by Crippen LogP contribution is 2.20. The zero-order chi connectivity index (χ0) is 13.1. The summed E-state index contributed by atoms with van der Waals surface area (Å²) in [6, 6.07) is 6.02. The summed E-state index contributed by atoms with van der Waals surface area (Å²) < 4.78 is 1.55. The molecule has 1 aromatic heterocycles. The maximum absolute atomic E-state index is 10.7. The normalized spacial score (nSPS) is 10.2. The number of primary amides is 1. The largest absolute Gasteiger partial charge is 0.368 e. The Kier molecular flexibility index (Phi) is 3.05. The van der Waals surface area contributed by atoms with Gasteiger partial charge in [0.1, 0.15) is 6.54 Å². The second kappa shape index (κ2) is 4.66. The van der Waals surface area contributed by atoms with Crippen molar-refractivity contribution in [3.05, 3.63) is 46.9 Å². The molecule has 92 valence electrons. The molecule has 0 saturated heterocycles. The fraction of sp³-hybridized carbons (Fsp3) is 0.0909. The highest BCUT2D eigenvalue weighted by molar-refractivity contribution is 5.73. The molecule has 0 fully saturated rings. The van der Waals surface area contributed by atoms with Gasteiger partial charge in [0.2, 0.25) is 5.91 Å². The standard InChI is InChI=1S/C11H10N4O3/c12-11(16)6-14-5-10(13-7-14)8-1-3-9(4-2-8)15(17)18/h1-5,7H,6H2,(H2,12,16). The highest BCUT2D eigenvalue weighted by atomic mass is 16.6. The van der Waals surface area contributed by atoms with Gasteiger partial charge >= 0.3 is 0 Å². The molecule has 2 N–H and O–H groups in total. The van der Waals surface area contributed by atoms with Gasteiger partial charge in [0.15, 0.2) is 0 Å². The number of imidazole rings is 1. The number of nitrogens with zero attached hydrogens (tertiary/aromatic N) is 3. The molecule has 0 atom stereocenters. The van der Waals surface area contributed by atoms with Crippen molar-refractivity contribution >= 4 is 11.6 Å². The van der Waals surface area contributed by atoms with Crippen LogP contribution in [0, 0.1) is 10.1 Å². The van der Waals surface area contributed by atoms with E-state index in [1.165, 1.54) is 18.5 Å².